The second kappa shape index (κ2) is 10.9. The van der Waals surface area contributed by atoms with E-state index in [9.17, 15) is 22.0 Å². The molecule has 1 aliphatic heterocycles. The number of fused-ring (bicyclic) bond motifs is 1. The van der Waals surface area contributed by atoms with E-state index in [1.807, 2.05) is 24.8 Å². The first-order valence-corrected chi connectivity index (χ1v) is 14.5. The molecule has 4 heterocycles. The number of carbonyl (C=O) groups is 1. The predicted octanol–water partition coefficient (Wildman–Crippen LogP) is 3.92. The molecule has 1 N–H and O–H groups in total. The van der Waals surface area contributed by atoms with E-state index in [1.54, 1.807) is 18.3 Å². The highest BCUT2D eigenvalue weighted by molar-refractivity contribution is 7.90. The lowest BCUT2D eigenvalue weighted by Crippen LogP contribution is -2.45. The minimum absolute atomic E-state index is 0.0000590. The van der Waals surface area contributed by atoms with Gasteiger partial charge in [0.05, 0.1) is 41.4 Å². The molecule has 0 bridgehead atoms. The first-order valence-electron chi connectivity index (χ1n) is 12.6. The Morgan fingerprint density at radius 1 is 1.02 bits per heavy atom. The third kappa shape index (κ3) is 6.07. The van der Waals surface area contributed by atoms with Gasteiger partial charge in [-0.2, -0.15) is 0 Å². The van der Waals surface area contributed by atoms with Crippen molar-refractivity contribution in [1.82, 2.24) is 20.3 Å². The molecule has 1 saturated heterocycles. The Kier molecular flexibility index (Phi) is 7.47. The number of sulfone groups is 1. The van der Waals surface area contributed by atoms with Gasteiger partial charge in [-0.3, -0.25) is 9.78 Å². The van der Waals surface area contributed by atoms with Crippen LogP contribution in [0.5, 0.6) is 0 Å². The summed E-state index contributed by atoms with van der Waals surface area (Å²) in [6.07, 6.45) is 2.46. The van der Waals surface area contributed by atoms with Gasteiger partial charge in [0.25, 0.3) is 5.91 Å². The minimum Gasteiger partial charge on any atom is -0.372 e. The molecule has 4 aromatic rings. The number of aromatic nitrogens is 3. The summed E-state index contributed by atoms with van der Waals surface area (Å²) in [5.41, 5.74) is 1.91. The predicted molar refractivity (Wildman–Crippen MR) is 146 cm³/mol. The maximum Gasteiger partial charge on any atom is 0.251 e. The van der Waals surface area contributed by atoms with Gasteiger partial charge in [-0.05, 0) is 50.2 Å². The number of pyridine rings is 3. The van der Waals surface area contributed by atoms with Crippen LogP contribution in [0.2, 0.25) is 0 Å². The molecule has 2 atom stereocenters. The highest BCUT2D eigenvalue weighted by atomic mass is 32.2. The number of halogens is 2. The maximum atomic E-state index is 14.6. The Morgan fingerprint density at radius 2 is 1.77 bits per heavy atom. The Morgan fingerprint density at radius 3 is 2.50 bits per heavy atom. The van der Waals surface area contributed by atoms with E-state index >= 15 is 0 Å². The number of hydrogen-bond donors (Lipinski definition) is 1. The van der Waals surface area contributed by atoms with E-state index in [2.05, 4.69) is 20.3 Å². The van der Waals surface area contributed by atoms with Gasteiger partial charge in [0.15, 0.2) is 9.84 Å². The number of morpholine rings is 1. The topological polar surface area (TPSA) is 114 Å². The summed E-state index contributed by atoms with van der Waals surface area (Å²) in [6.45, 7) is 5.14. The summed E-state index contributed by atoms with van der Waals surface area (Å²) in [6, 6.07) is 11.1. The molecule has 0 aliphatic carbocycles. The number of nitrogens with one attached hydrogen (secondary N) is 1. The van der Waals surface area contributed by atoms with E-state index in [0.29, 0.717) is 41.5 Å². The third-order valence-electron chi connectivity index (χ3n) is 6.44. The van der Waals surface area contributed by atoms with Crippen LogP contribution in [0.25, 0.3) is 22.3 Å². The van der Waals surface area contributed by atoms with Crippen LogP contribution in [-0.4, -0.2) is 60.8 Å². The molecule has 1 aliphatic rings. The summed E-state index contributed by atoms with van der Waals surface area (Å²) < 4.78 is 57.9. The molecule has 0 unspecified atom stereocenters. The van der Waals surface area contributed by atoms with Crippen molar-refractivity contribution in [2.75, 3.05) is 24.2 Å². The smallest absolute Gasteiger partial charge is 0.251 e. The monoisotopic (exact) mass is 567 g/mol. The normalized spacial score (nSPS) is 17.7. The molecule has 12 heteroatoms. The van der Waals surface area contributed by atoms with E-state index in [4.69, 9.17) is 4.74 Å². The zero-order valence-electron chi connectivity index (χ0n) is 22.1. The van der Waals surface area contributed by atoms with Gasteiger partial charge in [-0.1, -0.05) is 0 Å². The molecule has 0 spiro atoms. The lowest BCUT2D eigenvalue weighted by molar-refractivity contribution is -0.00547. The number of amides is 1. The second-order valence-corrected chi connectivity index (χ2v) is 11.8. The summed E-state index contributed by atoms with van der Waals surface area (Å²) in [4.78, 5) is 27.8. The number of hydrogen-bond acceptors (Lipinski definition) is 8. The molecule has 208 valence electrons. The van der Waals surface area contributed by atoms with Crippen molar-refractivity contribution in [3.8, 4) is 11.4 Å². The number of rotatable bonds is 6. The number of nitrogens with zero attached hydrogens (tertiary/aromatic N) is 4. The van der Waals surface area contributed by atoms with Crippen LogP contribution in [-0.2, 0) is 21.1 Å². The highest BCUT2D eigenvalue weighted by Gasteiger charge is 2.24. The molecule has 40 heavy (non-hydrogen) atoms. The summed E-state index contributed by atoms with van der Waals surface area (Å²) in [5, 5.41) is 3.40. The van der Waals surface area contributed by atoms with E-state index < -0.39 is 32.3 Å². The molecule has 0 saturated carbocycles. The maximum absolute atomic E-state index is 14.6. The molecule has 1 amide bonds. The van der Waals surface area contributed by atoms with Crippen molar-refractivity contribution in [3.05, 3.63) is 77.6 Å². The van der Waals surface area contributed by atoms with Crippen molar-refractivity contribution in [3.63, 3.8) is 0 Å². The van der Waals surface area contributed by atoms with Crippen molar-refractivity contribution < 1.29 is 26.7 Å². The molecular weight excluding hydrogens is 540 g/mol. The summed E-state index contributed by atoms with van der Waals surface area (Å²) in [7, 11) is -3.84. The molecule has 1 aromatic carbocycles. The number of ether oxygens (including phenoxy) is 1. The van der Waals surface area contributed by atoms with E-state index in [0.717, 1.165) is 23.8 Å². The fraction of sp³-hybridized carbons (Fsp3) is 0.286. The second-order valence-electron chi connectivity index (χ2n) is 9.86. The molecule has 9 nitrogen and oxygen atoms in total. The Balaban J connectivity index is 1.37. The molecular formula is C28H27F2N5O4S. The minimum atomic E-state index is -3.84. The SMILES string of the molecule is C[C@@H]1CN(c2cc(F)cc(-c3ccc4cnc(CNC(=O)c5ccc(F)c(S(C)(=O)=O)c5)cc4n3)n2)C[C@H](C)O1. The number of anilines is 1. The molecule has 0 radical (unpaired) electrons. The third-order valence-corrected chi connectivity index (χ3v) is 7.55. The average molecular weight is 568 g/mol. The Bertz CT molecular complexity index is 1710. The molecule has 5 rings (SSSR count). The number of benzene rings is 1. The number of carbonyl (C=O) groups excluding carboxylic acids is 1. The largest absolute Gasteiger partial charge is 0.372 e. The Labute approximate surface area is 230 Å². The summed E-state index contributed by atoms with van der Waals surface area (Å²) in [5.74, 6) is -1.42. The van der Waals surface area contributed by atoms with Crippen LogP contribution < -0.4 is 10.2 Å². The lowest BCUT2D eigenvalue weighted by Gasteiger charge is -2.36. The van der Waals surface area contributed by atoms with Gasteiger partial charge in [-0.25, -0.2) is 27.2 Å². The fourth-order valence-electron chi connectivity index (χ4n) is 4.64. The van der Waals surface area contributed by atoms with Crippen LogP contribution in [0, 0.1) is 11.6 Å². The summed E-state index contributed by atoms with van der Waals surface area (Å²) >= 11 is 0. The van der Waals surface area contributed by atoms with Crippen LogP contribution in [0.3, 0.4) is 0 Å². The van der Waals surface area contributed by atoms with Crippen LogP contribution in [0.15, 0.2) is 59.6 Å². The highest BCUT2D eigenvalue weighted by Crippen LogP contribution is 2.26. The van der Waals surface area contributed by atoms with Gasteiger partial charge < -0.3 is 15.0 Å². The van der Waals surface area contributed by atoms with Crippen molar-refractivity contribution >= 4 is 32.5 Å². The first kappa shape index (κ1) is 27.5. The van der Waals surface area contributed by atoms with Crippen LogP contribution in [0.4, 0.5) is 14.6 Å². The first-order chi connectivity index (χ1) is 19.0. The van der Waals surface area contributed by atoms with Crippen LogP contribution in [0.1, 0.15) is 29.9 Å². The Hall–Kier alpha value is -4.03. The fourth-order valence-corrected chi connectivity index (χ4v) is 5.40. The van der Waals surface area contributed by atoms with E-state index in [1.165, 1.54) is 18.2 Å². The van der Waals surface area contributed by atoms with Crippen molar-refractivity contribution in [2.24, 2.45) is 0 Å². The van der Waals surface area contributed by atoms with E-state index in [-0.39, 0.29) is 24.3 Å². The zero-order chi connectivity index (χ0) is 28.6. The zero-order valence-corrected chi connectivity index (χ0v) is 22.9. The van der Waals surface area contributed by atoms with Crippen molar-refractivity contribution in [1.29, 1.82) is 0 Å². The van der Waals surface area contributed by atoms with Gasteiger partial charge in [0, 0.05) is 48.6 Å². The molecule has 3 aromatic heterocycles. The molecule has 1 fully saturated rings. The van der Waals surface area contributed by atoms with Gasteiger partial charge >= 0.3 is 0 Å². The van der Waals surface area contributed by atoms with Gasteiger partial charge in [-0.15, -0.1) is 0 Å². The van der Waals surface area contributed by atoms with Crippen molar-refractivity contribution in [2.45, 2.75) is 37.5 Å². The quantitative estimate of drug-likeness (QED) is 0.373. The van der Waals surface area contributed by atoms with Gasteiger partial charge in [0.2, 0.25) is 0 Å². The van der Waals surface area contributed by atoms with Gasteiger partial charge in [0.1, 0.15) is 22.3 Å². The van der Waals surface area contributed by atoms with Crippen LogP contribution >= 0.6 is 0 Å². The lowest BCUT2D eigenvalue weighted by atomic mass is 10.1. The standard InChI is InChI=1S/C28H27F2N5O4S/c1-16-14-35(15-17(2)39-16)27-10-20(29)9-25(34-27)23-7-5-19-12-31-21(11-24(19)33-23)13-32-28(36)18-4-6-22(30)26(8-18)40(3,37)38/h4-12,16-17H,13-15H2,1-3H3,(H,32,36)/t16-,17+. The average Bonchev–Trinajstić information content (AvgIpc) is 2.90.